The van der Waals surface area contributed by atoms with Crippen molar-refractivity contribution in [1.82, 2.24) is 4.98 Å². The first kappa shape index (κ1) is 15.0. The summed E-state index contributed by atoms with van der Waals surface area (Å²) in [6, 6.07) is 3.61. The molecule has 1 fully saturated rings. The van der Waals surface area contributed by atoms with Gasteiger partial charge in [0.2, 0.25) is 0 Å². The number of aliphatic hydroxyl groups is 1. The van der Waals surface area contributed by atoms with E-state index < -0.39 is 24.4 Å². The smallest absolute Gasteiger partial charge is 0.399 e. The average molecular weight is 274 g/mol. The second kappa shape index (κ2) is 4.85. The van der Waals surface area contributed by atoms with E-state index in [4.69, 9.17) is 14.6 Å². The predicted octanol–water partition coefficient (Wildman–Crippen LogP) is 1.31. The summed E-state index contributed by atoms with van der Waals surface area (Å²) in [4.78, 5) is 3.99. The van der Waals surface area contributed by atoms with Crippen LogP contribution in [-0.2, 0) is 9.31 Å². The second-order valence-electron chi connectivity index (χ2n) is 6.07. The van der Waals surface area contributed by atoms with Crippen molar-refractivity contribution in [2.24, 2.45) is 0 Å². The lowest BCUT2D eigenvalue weighted by Crippen LogP contribution is -2.41. The predicted molar refractivity (Wildman–Crippen MR) is 75.3 cm³/mol. The van der Waals surface area contributed by atoms with Gasteiger partial charge >= 0.3 is 7.12 Å². The second-order valence-corrected chi connectivity index (χ2v) is 6.07. The van der Waals surface area contributed by atoms with Gasteiger partial charge < -0.3 is 14.4 Å². The molecule has 106 valence electrons. The van der Waals surface area contributed by atoms with E-state index in [0.29, 0.717) is 11.0 Å². The molecule has 0 saturated carbocycles. The molecule has 2 heterocycles. The van der Waals surface area contributed by atoms with Gasteiger partial charge in [-0.1, -0.05) is 0 Å². The highest BCUT2D eigenvalue weighted by Gasteiger charge is 2.52. The Labute approximate surface area is 119 Å². The molecule has 0 spiro atoms. The Morgan fingerprint density at radius 1 is 1.30 bits per heavy atom. The molecule has 1 aromatic heterocycles. The maximum atomic E-state index is 9.85. The van der Waals surface area contributed by atoms with Gasteiger partial charge in [0.15, 0.2) is 0 Å². The van der Waals surface area contributed by atoms with Crippen LogP contribution < -0.4 is 5.46 Å². The maximum absolute atomic E-state index is 9.85. The summed E-state index contributed by atoms with van der Waals surface area (Å²) < 4.78 is 11.9. The van der Waals surface area contributed by atoms with Crippen LogP contribution in [0.15, 0.2) is 12.3 Å². The van der Waals surface area contributed by atoms with Crippen LogP contribution in [0.3, 0.4) is 0 Å². The molecule has 0 amide bonds. The summed E-state index contributed by atoms with van der Waals surface area (Å²) in [7, 11) is -0.611. The number of nitrogens with zero attached hydrogens (tertiary/aromatic N) is 2. The number of hydrogen-bond acceptors (Lipinski definition) is 5. The molecule has 1 aliphatic rings. The standard InChI is InChI=1S/C14H19BN2O3/c1-9(18)11-8-17-10(7-16)6-12(11)15-19-13(2,3)14(4,5)20-15/h6,8-9,18H,1-5H3. The Morgan fingerprint density at radius 2 is 1.85 bits per heavy atom. The molecule has 2 rings (SSSR count). The van der Waals surface area contributed by atoms with E-state index in [0.717, 1.165) is 0 Å². The van der Waals surface area contributed by atoms with Crippen LogP contribution in [0.25, 0.3) is 0 Å². The Kier molecular flexibility index (Phi) is 3.63. The first-order chi connectivity index (χ1) is 9.18. The minimum absolute atomic E-state index is 0.277. The van der Waals surface area contributed by atoms with Crippen LogP contribution in [0.2, 0.25) is 0 Å². The number of nitriles is 1. The van der Waals surface area contributed by atoms with Gasteiger partial charge in [0.05, 0.1) is 17.3 Å². The Bertz CT molecular complexity index is 548. The topological polar surface area (TPSA) is 75.4 Å². The van der Waals surface area contributed by atoms with E-state index >= 15 is 0 Å². The zero-order chi connectivity index (χ0) is 15.1. The van der Waals surface area contributed by atoms with Gasteiger partial charge in [-0.15, -0.1) is 0 Å². The average Bonchev–Trinajstić information content (AvgIpc) is 2.57. The lowest BCUT2D eigenvalue weighted by Gasteiger charge is -2.32. The van der Waals surface area contributed by atoms with Gasteiger partial charge in [-0.3, -0.25) is 0 Å². The summed E-state index contributed by atoms with van der Waals surface area (Å²) in [6.45, 7) is 9.49. The van der Waals surface area contributed by atoms with Crippen LogP contribution in [0.4, 0.5) is 0 Å². The van der Waals surface area contributed by atoms with Crippen LogP contribution in [0.1, 0.15) is 52.0 Å². The molecule has 1 atom stereocenters. The van der Waals surface area contributed by atoms with Crippen molar-refractivity contribution in [3.63, 3.8) is 0 Å². The lowest BCUT2D eigenvalue weighted by atomic mass is 9.75. The van der Waals surface area contributed by atoms with Gasteiger partial charge in [0.25, 0.3) is 0 Å². The Morgan fingerprint density at radius 3 is 2.30 bits per heavy atom. The molecule has 0 radical (unpaired) electrons. The summed E-state index contributed by atoms with van der Waals surface area (Å²) in [5.41, 5.74) is 0.611. The Hall–Kier alpha value is -1.42. The fraction of sp³-hybridized carbons (Fsp3) is 0.571. The first-order valence-electron chi connectivity index (χ1n) is 6.61. The van der Waals surface area contributed by atoms with Crippen LogP contribution in [0.5, 0.6) is 0 Å². The van der Waals surface area contributed by atoms with Gasteiger partial charge in [-0.05, 0) is 51.7 Å². The molecule has 1 aliphatic heterocycles. The summed E-state index contributed by atoms with van der Waals surface area (Å²) in [5.74, 6) is 0. The van der Waals surface area contributed by atoms with Crippen molar-refractivity contribution >= 4 is 12.6 Å². The highest BCUT2D eigenvalue weighted by atomic mass is 16.7. The molecule has 1 N–H and O–H groups in total. The molecule has 1 saturated heterocycles. The van der Waals surface area contributed by atoms with Crippen molar-refractivity contribution in [3.8, 4) is 6.07 Å². The lowest BCUT2D eigenvalue weighted by molar-refractivity contribution is 0.00578. The van der Waals surface area contributed by atoms with Crippen molar-refractivity contribution in [1.29, 1.82) is 5.26 Å². The highest BCUT2D eigenvalue weighted by Crippen LogP contribution is 2.36. The summed E-state index contributed by atoms with van der Waals surface area (Å²) >= 11 is 0. The zero-order valence-corrected chi connectivity index (χ0v) is 12.5. The molecule has 1 aromatic rings. The maximum Gasteiger partial charge on any atom is 0.495 e. The Balaban J connectivity index is 2.46. The molecule has 20 heavy (non-hydrogen) atoms. The van der Waals surface area contributed by atoms with Gasteiger partial charge in [-0.25, -0.2) is 4.98 Å². The number of hydrogen-bond donors (Lipinski definition) is 1. The minimum atomic E-state index is -0.704. The number of aliphatic hydroxyl groups excluding tert-OH is 1. The first-order valence-corrected chi connectivity index (χ1v) is 6.61. The minimum Gasteiger partial charge on any atom is -0.399 e. The fourth-order valence-corrected chi connectivity index (χ4v) is 2.07. The van der Waals surface area contributed by atoms with Gasteiger partial charge in [0.1, 0.15) is 11.8 Å². The normalized spacial score (nSPS) is 21.6. The molecule has 0 aromatic carbocycles. The van der Waals surface area contributed by atoms with Crippen molar-refractivity contribution in [2.75, 3.05) is 0 Å². The highest BCUT2D eigenvalue weighted by molar-refractivity contribution is 6.62. The van der Waals surface area contributed by atoms with Gasteiger partial charge in [-0.2, -0.15) is 5.26 Å². The summed E-state index contributed by atoms with van der Waals surface area (Å²) in [6.07, 6.45) is 0.799. The third-order valence-corrected chi connectivity index (χ3v) is 4.04. The largest absolute Gasteiger partial charge is 0.495 e. The van der Waals surface area contributed by atoms with Crippen LogP contribution in [0, 0.1) is 11.3 Å². The van der Waals surface area contributed by atoms with Crippen LogP contribution in [-0.4, -0.2) is 28.4 Å². The van der Waals surface area contributed by atoms with E-state index in [2.05, 4.69) is 4.98 Å². The molecule has 6 heteroatoms. The molecular formula is C14H19BN2O3. The molecule has 0 aliphatic carbocycles. The fourth-order valence-electron chi connectivity index (χ4n) is 2.07. The summed E-state index contributed by atoms with van der Waals surface area (Å²) in [5, 5.41) is 18.8. The van der Waals surface area contributed by atoms with E-state index in [-0.39, 0.29) is 5.69 Å². The SMILES string of the molecule is CC(O)c1cnc(C#N)cc1B1OC(C)(C)C(C)(C)O1. The molecule has 1 unspecified atom stereocenters. The third-order valence-electron chi connectivity index (χ3n) is 4.04. The number of rotatable bonds is 2. The van der Waals surface area contributed by atoms with Gasteiger partial charge in [0, 0.05) is 6.20 Å². The molecule has 0 bridgehead atoms. The van der Waals surface area contributed by atoms with Crippen molar-refractivity contribution < 1.29 is 14.4 Å². The quantitative estimate of drug-likeness (QED) is 0.823. The molecular weight excluding hydrogens is 255 g/mol. The zero-order valence-electron chi connectivity index (χ0n) is 12.5. The van der Waals surface area contributed by atoms with Crippen LogP contribution >= 0.6 is 0 Å². The third kappa shape index (κ3) is 2.45. The number of pyridine rings is 1. The molecule has 5 nitrogen and oxygen atoms in total. The van der Waals surface area contributed by atoms with E-state index in [1.165, 1.54) is 6.20 Å². The van der Waals surface area contributed by atoms with Crippen molar-refractivity contribution in [2.45, 2.75) is 51.9 Å². The van der Waals surface area contributed by atoms with E-state index in [1.54, 1.807) is 13.0 Å². The van der Waals surface area contributed by atoms with E-state index in [1.807, 2.05) is 33.8 Å². The van der Waals surface area contributed by atoms with Crippen molar-refractivity contribution in [3.05, 3.63) is 23.5 Å². The van der Waals surface area contributed by atoms with E-state index in [9.17, 15) is 5.11 Å². The number of aromatic nitrogens is 1. The monoisotopic (exact) mass is 274 g/mol.